The number of sulfone groups is 1. The highest BCUT2D eigenvalue weighted by Crippen LogP contribution is 2.28. The molecule has 0 N–H and O–H groups in total. The van der Waals surface area contributed by atoms with Crippen molar-refractivity contribution in [1.82, 2.24) is 4.90 Å². The molecule has 0 radical (unpaired) electrons. The van der Waals surface area contributed by atoms with Crippen molar-refractivity contribution in [2.75, 3.05) is 18.1 Å². The lowest BCUT2D eigenvalue weighted by atomic mass is 10.0. The zero-order valence-electron chi connectivity index (χ0n) is 7.99. The summed E-state index contributed by atoms with van der Waals surface area (Å²) in [7, 11) is -2.92. The van der Waals surface area contributed by atoms with Crippen molar-refractivity contribution in [3.8, 4) is 0 Å². The van der Waals surface area contributed by atoms with E-state index in [1.807, 2.05) is 13.8 Å². The Kier molecular flexibility index (Phi) is 2.66. The van der Waals surface area contributed by atoms with Crippen LogP contribution in [0.5, 0.6) is 0 Å². The molecule has 1 saturated heterocycles. The second-order valence-corrected chi connectivity index (χ2v) is 5.91. The lowest BCUT2D eigenvalue weighted by Gasteiger charge is -2.33. The maximum absolute atomic E-state index is 11.2. The van der Waals surface area contributed by atoms with E-state index in [-0.39, 0.29) is 11.5 Å². The van der Waals surface area contributed by atoms with E-state index >= 15 is 0 Å². The van der Waals surface area contributed by atoms with Crippen LogP contribution in [0.4, 0.5) is 0 Å². The largest absolute Gasteiger partial charge is 0.339 e. The number of hydrogen-bond donors (Lipinski definition) is 0. The van der Waals surface area contributed by atoms with E-state index in [0.717, 1.165) is 6.41 Å². The van der Waals surface area contributed by atoms with E-state index in [0.29, 0.717) is 13.0 Å². The molecule has 0 saturated carbocycles. The quantitative estimate of drug-likeness (QED) is 0.611. The molecule has 13 heavy (non-hydrogen) atoms. The van der Waals surface area contributed by atoms with Gasteiger partial charge in [-0.05, 0) is 20.3 Å². The lowest BCUT2D eigenvalue weighted by Crippen LogP contribution is -2.46. The molecule has 1 heterocycles. The Hall–Kier alpha value is -0.580. The third-order valence-electron chi connectivity index (χ3n) is 2.64. The monoisotopic (exact) mass is 205 g/mol. The van der Waals surface area contributed by atoms with Gasteiger partial charge in [-0.3, -0.25) is 4.79 Å². The van der Waals surface area contributed by atoms with Crippen LogP contribution in [0.3, 0.4) is 0 Å². The van der Waals surface area contributed by atoms with Crippen molar-refractivity contribution in [2.24, 2.45) is 0 Å². The van der Waals surface area contributed by atoms with E-state index < -0.39 is 15.4 Å². The molecule has 0 unspecified atom stereocenters. The van der Waals surface area contributed by atoms with Gasteiger partial charge < -0.3 is 4.90 Å². The second-order valence-electron chi connectivity index (χ2n) is 3.73. The molecule has 1 atom stereocenters. The van der Waals surface area contributed by atoms with Gasteiger partial charge in [-0.1, -0.05) is 0 Å². The molecule has 0 aromatic heterocycles. The van der Waals surface area contributed by atoms with E-state index in [1.54, 1.807) is 4.90 Å². The Balaban J connectivity index is 2.85. The second kappa shape index (κ2) is 3.29. The van der Waals surface area contributed by atoms with Crippen molar-refractivity contribution in [3.63, 3.8) is 0 Å². The van der Waals surface area contributed by atoms with Crippen molar-refractivity contribution in [1.29, 1.82) is 0 Å². The molecule has 1 rings (SSSR count). The van der Waals surface area contributed by atoms with Gasteiger partial charge >= 0.3 is 0 Å². The molecule has 4 nitrogen and oxygen atoms in total. The Bertz CT molecular complexity index is 299. The molecule has 1 amide bonds. The third kappa shape index (κ3) is 2.02. The van der Waals surface area contributed by atoms with Crippen LogP contribution >= 0.6 is 0 Å². The van der Waals surface area contributed by atoms with Gasteiger partial charge in [0.25, 0.3) is 0 Å². The number of amides is 1. The lowest BCUT2D eigenvalue weighted by molar-refractivity contribution is -0.122. The minimum atomic E-state index is -2.92. The predicted octanol–water partition coefficient (Wildman–Crippen LogP) is 0.0419. The first-order chi connectivity index (χ1) is 5.93. The van der Waals surface area contributed by atoms with Crippen molar-refractivity contribution in [2.45, 2.75) is 25.8 Å². The molecule has 5 heteroatoms. The highest BCUT2D eigenvalue weighted by Gasteiger charge is 2.41. The van der Waals surface area contributed by atoms with Crippen LogP contribution in [0, 0.1) is 0 Å². The third-order valence-corrected chi connectivity index (χ3v) is 4.53. The molecule has 1 fully saturated rings. The first-order valence-electron chi connectivity index (χ1n) is 4.36. The van der Waals surface area contributed by atoms with Gasteiger partial charge in [0.05, 0.1) is 17.0 Å². The zero-order chi connectivity index (χ0) is 10.1. The topological polar surface area (TPSA) is 54.5 Å². The molecule has 0 aliphatic carbocycles. The average molecular weight is 205 g/mol. The fourth-order valence-corrected chi connectivity index (χ4v) is 3.96. The van der Waals surface area contributed by atoms with Crippen LogP contribution in [0.2, 0.25) is 0 Å². The first-order valence-corrected chi connectivity index (χ1v) is 6.18. The highest BCUT2D eigenvalue weighted by atomic mass is 32.2. The molecule has 0 aromatic rings. The summed E-state index contributed by atoms with van der Waals surface area (Å²) in [5, 5.41) is 0. The Morgan fingerprint density at radius 3 is 2.46 bits per heavy atom. The number of hydrogen-bond acceptors (Lipinski definition) is 3. The normalized spacial score (nSPS) is 31.5. The van der Waals surface area contributed by atoms with E-state index in [4.69, 9.17) is 0 Å². The number of nitrogens with zero attached hydrogens (tertiary/aromatic N) is 1. The molecule has 0 aromatic carbocycles. The molecule has 0 spiro atoms. The molecular formula is C8H15NO3S. The fourth-order valence-electron chi connectivity index (χ4n) is 1.80. The van der Waals surface area contributed by atoms with Crippen LogP contribution in [0.15, 0.2) is 0 Å². The van der Waals surface area contributed by atoms with E-state index in [1.165, 1.54) is 0 Å². The predicted molar refractivity (Wildman–Crippen MR) is 50.1 cm³/mol. The minimum absolute atomic E-state index is 0.104. The standard InChI is InChI=1S/C8H15NO3S/c1-3-9(7-10)8(2)4-5-13(11,12)6-8/h7H,3-6H2,1-2H3/t8-/m0/s1. The Labute approximate surface area is 78.8 Å². The summed E-state index contributed by atoms with van der Waals surface area (Å²) in [5.41, 5.74) is -0.477. The maximum Gasteiger partial charge on any atom is 0.210 e. The average Bonchev–Trinajstić information content (AvgIpc) is 2.29. The Morgan fingerprint density at radius 1 is 1.54 bits per heavy atom. The van der Waals surface area contributed by atoms with Gasteiger partial charge in [-0.25, -0.2) is 8.42 Å². The van der Waals surface area contributed by atoms with Gasteiger partial charge in [-0.2, -0.15) is 0 Å². The van der Waals surface area contributed by atoms with Gasteiger partial charge in [0.2, 0.25) is 6.41 Å². The maximum atomic E-state index is 11.2. The van der Waals surface area contributed by atoms with Crippen LogP contribution in [0.25, 0.3) is 0 Å². The zero-order valence-corrected chi connectivity index (χ0v) is 8.80. The molecule has 1 aliphatic heterocycles. The van der Waals surface area contributed by atoms with Gasteiger partial charge in [0.1, 0.15) is 0 Å². The molecule has 0 bridgehead atoms. The van der Waals surface area contributed by atoms with Crippen molar-refractivity contribution in [3.05, 3.63) is 0 Å². The van der Waals surface area contributed by atoms with Crippen LogP contribution in [-0.2, 0) is 14.6 Å². The van der Waals surface area contributed by atoms with Gasteiger partial charge in [0, 0.05) is 6.54 Å². The summed E-state index contributed by atoms with van der Waals surface area (Å²) in [6, 6.07) is 0. The molecular weight excluding hydrogens is 190 g/mol. The summed E-state index contributed by atoms with van der Waals surface area (Å²) in [6.45, 7) is 4.25. The molecule has 1 aliphatic rings. The van der Waals surface area contributed by atoms with Crippen LogP contribution in [-0.4, -0.2) is 43.3 Å². The smallest absolute Gasteiger partial charge is 0.210 e. The van der Waals surface area contributed by atoms with Crippen molar-refractivity contribution >= 4 is 16.2 Å². The van der Waals surface area contributed by atoms with Crippen molar-refractivity contribution < 1.29 is 13.2 Å². The fraction of sp³-hybridized carbons (Fsp3) is 0.875. The summed E-state index contributed by atoms with van der Waals surface area (Å²) in [5.74, 6) is 0.306. The summed E-state index contributed by atoms with van der Waals surface area (Å²) >= 11 is 0. The van der Waals surface area contributed by atoms with Gasteiger partial charge in [-0.15, -0.1) is 0 Å². The first kappa shape index (κ1) is 10.5. The minimum Gasteiger partial charge on any atom is -0.339 e. The van der Waals surface area contributed by atoms with Gasteiger partial charge in [0.15, 0.2) is 9.84 Å². The number of carbonyl (C=O) groups is 1. The summed E-state index contributed by atoms with van der Waals surface area (Å²) in [4.78, 5) is 12.2. The SMILES string of the molecule is CCN(C=O)[C@@]1(C)CCS(=O)(=O)C1. The van der Waals surface area contributed by atoms with Crippen LogP contribution in [0.1, 0.15) is 20.3 Å². The number of rotatable bonds is 3. The van der Waals surface area contributed by atoms with E-state index in [9.17, 15) is 13.2 Å². The summed E-state index contributed by atoms with van der Waals surface area (Å²) in [6.07, 6.45) is 1.29. The molecule has 76 valence electrons. The summed E-state index contributed by atoms with van der Waals surface area (Å²) < 4.78 is 22.5. The Morgan fingerprint density at radius 2 is 2.15 bits per heavy atom. The highest BCUT2D eigenvalue weighted by molar-refractivity contribution is 7.91. The number of carbonyl (C=O) groups excluding carboxylic acids is 1. The van der Waals surface area contributed by atoms with Crippen LogP contribution < -0.4 is 0 Å². The van der Waals surface area contributed by atoms with E-state index in [2.05, 4.69) is 0 Å².